The summed E-state index contributed by atoms with van der Waals surface area (Å²) in [6.45, 7) is 0.588. The number of carbonyl (C=O) groups excluding carboxylic acids is 1. The largest absolute Gasteiger partial charge is 0.480 e. The monoisotopic (exact) mass is 314 g/mol. The number of carbonyl (C=O) groups is 2. The van der Waals surface area contributed by atoms with Crippen LogP contribution >= 0.6 is 15.9 Å². The van der Waals surface area contributed by atoms with Gasteiger partial charge in [0.05, 0.1) is 13.2 Å². The molecule has 0 saturated carbocycles. The summed E-state index contributed by atoms with van der Waals surface area (Å²) in [5.74, 6) is -1.48. The molecule has 1 aliphatic rings. The van der Waals surface area contributed by atoms with E-state index in [4.69, 9.17) is 9.84 Å². The maximum absolute atomic E-state index is 12.2. The van der Waals surface area contributed by atoms with Crippen molar-refractivity contribution in [1.29, 1.82) is 0 Å². The van der Waals surface area contributed by atoms with Crippen LogP contribution in [0.4, 0.5) is 0 Å². The van der Waals surface area contributed by atoms with Crippen LogP contribution in [0.2, 0.25) is 0 Å². The molecule has 1 N–H and O–H groups in total. The molecule has 1 aromatic heterocycles. The Kier molecular flexibility index (Phi) is 3.93. The van der Waals surface area contributed by atoms with Crippen LogP contribution in [0.3, 0.4) is 0 Å². The van der Waals surface area contributed by atoms with Gasteiger partial charge in [0.25, 0.3) is 5.91 Å². The van der Waals surface area contributed by atoms with Crippen LogP contribution in [0.1, 0.15) is 10.5 Å². The smallest absolute Gasteiger partial charge is 0.328 e. The van der Waals surface area contributed by atoms with E-state index < -0.39 is 17.9 Å². The molecule has 1 unspecified atom stereocenters. The lowest BCUT2D eigenvalue weighted by Gasteiger charge is -2.32. The van der Waals surface area contributed by atoms with Gasteiger partial charge >= 0.3 is 5.97 Å². The highest BCUT2D eigenvalue weighted by Crippen LogP contribution is 2.18. The van der Waals surface area contributed by atoms with Gasteiger partial charge in [-0.05, 0) is 28.1 Å². The van der Waals surface area contributed by atoms with Crippen LogP contribution in [0.5, 0.6) is 0 Å². The Balaban J connectivity index is 2.27. The summed E-state index contributed by atoms with van der Waals surface area (Å²) in [6, 6.07) is 2.42. The van der Waals surface area contributed by atoms with Gasteiger partial charge in [0.2, 0.25) is 0 Å². The van der Waals surface area contributed by atoms with Crippen LogP contribution in [-0.4, -0.2) is 52.7 Å². The molecule has 2 rings (SSSR count). The van der Waals surface area contributed by atoms with E-state index in [0.29, 0.717) is 11.1 Å². The van der Waals surface area contributed by atoms with Crippen LogP contribution in [-0.2, 0) is 9.53 Å². The number of pyridine rings is 1. The molecule has 0 bridgehead atoms. The highest BCUT2D eigenvalue weighted by Gasteiger charge is 2.34. The molecule has 0 spiro atoms. The van der Waals surface area contributed by atoms with E-state index in [1.165, 1.54) is 11.1 Å². The second kappa shape index (κ2) is 5.45. The van der Waals surface area contributed by atoms with Crippen molar-refractivity contribution < 1.29 is 19.4 Å². The van der Waals surface area contributed by atoms with E-state index in [1.807, 2.05) is 0 Å². The first-order valence-electron chi connectivity index (χ1n) is 5.33. The zero-order valence-corrected chi connectivity index (χ0v) is 11.0. The standard InChI is InChI=1S/C11H11BrN2O4/c12-7-2-1-3-13-9(7)10(15)14-4-5-18-6-8(14)11(16)17/h1-3,8H,4-6H2,(H,16,17). The second-order valence-electron chi connectivity index (χ2n) is 3.76. The summed E-state index contributed by atoms with van der Waals surface area (Å²) >= 11 is 3.23. The molecule has 18 heavy (non-hydrogen) atoms. The summed E-state index contributed by atoms with van der Waals surface area (Å²) in [4.78, 5) is 28.6. The molecule has 1 aliphatic heterocycles. The second-order valence-corrected chi connectivity index (χ2v) is 4.62. The molecule has 96 valence electrons. The molecule has 1 aromatic rings. The molecule has 0 aromatic carbocycles. The van der Waals surface area contributed by atoms with Gasteiger partial charge < -0.3 is 14.7 Å². The van der Waals surface area contributed by atoms with Crippen molar-refractivity contribution in [2.24, 2.45) is 0 Å². The fraction of sp³-hybridized carbons (Fsp3) is 0.364. The van der Waals surface area contributed by atoms with Gasteiger partial charge in [-0.1, -0.05) is 0 Å². The Labute approximate surface area is 112 Å². The van der Waals surface area contributed by atoms with Crippen LogP contribution < -0.4 is 0 Å². The molecule has 1 saturated heterocycles. The number of hydrogen-bond acceptors (Lipinski definition) is 4. The van der Waals surface area contributed by atoms with Crippen LogP contribution in [0, 0.1) is 0 Å². The van der Waals surface area contributed by atoms with Crippen molar-refractivity contribution in [3.63, 3.8) is 0 Å². The van der Waals surface area contributed by atoms with Gasteiger partial charge in [0, 0.05) is 17.2 Å². The number of rotatable bonds is 2. The Morgan fingerprint density at radius 2 is 2.33 bits per heavy atom. The Bertz CT molecular complexity index is 480. The maximum Gasteiger partial charge on any atom is 0.328 e. The van der Waals surface area contributed by atoms with Crippen molar-refractivity contribution in [2.45, 2.75) is 6.04 Å². The van der Waals surface area contributed by atoms with Gasteiger partial charge in [0.1, 0.15) is 5.69 Å². The first kappa shape index (κ1) is 13.0. The first-order valence-corrected chi connectivity index (χ1v) is 6.12. The molecule has 0 aliphatic carbocycles. The van der Waals surface area contributed by atoms with Crippen molar-refractivity contribution in [2.75, 3.05) is 19.8 Å². The van der Waals surface area contributed by atoms with Crippen molar-refractivity contribution in [3.05, 3.63) is 28.5 Å². The summed E-state index contributed by atoms with van der Waals surface area (Å²) in [5, 5.41) is 9.07. The molecule has 0 radical (unpaired) electrons. The van der Waals surface area contributed by atoms with Crippen LogP contribution in [0.15, 0.2) is 22.8 Å². The number of hydrogen-bond donors (Lipinski definition) is 1. The number of aliphatic carboxylic acids is 1. The van der Waals surface area contributed by atoms with Gasteiger partial charge in [-0.15, -0.1) is 0 Å². The molecule has 7 heteroatoms. The highest BCUT2D eigenvalue weighted by atomic mass is 79.9. The molecular weight excluding hydrogens is 304 g/mol. The lowest BCUT2D eigenvalue weighted by atomic mass is 10.2. The SMILES string of the molecule is O=C(O)C1COCCN1C(=O)c1ncccc1Br. The van der Waals surface area contributed by atoms with Crippen molar-refractivity contribution in [1.82, 2.24) is 9.88 Å². The lowest BCUT2D eigenvalue weighted by Crippen LogP contribution is -2.52. The van der Waals surface area contributed by atoms with E-state index in [1.54, 1.807) is 12.1 Å². The van der Waals surface area contributed by atoms with E-state index in [0.717, 1.165) is 0 Å². The van der Waals surface area contributed by atoms with E-state index >= 15 is 0 Å². The van der Waals surface area contributed by atoms with Gasteiger partial charge in [0.15, 0.2) is 6.04 Å². The fourth-order valence-corrected chi connectivity index (χ4v) is 2.16. The Morgan fingerprint density at radius 3 is 3.00 bits per heavy atom. The third-order valence-electron chi connectivity index (χ3n) is 2.64. The minimum absolute atomic E-state index is 0.00548. The molecule has 1 fully saturated rings. The lowest BCUT2D eigenvalue weighted by molar-refractivity contribution is -0.147. The van der Waals surface area contributed by atoms with Gasteiger partial charge in [-0.3, -0.25) is 4.79 Å². The van der Waals surface area contributed by atoms with E-state index in [2.05, 4.69) is 20.9 Å². The highest BCUT2D eigenvalue weighted by molar-refractivity contribution is 9.10. The zero-order chi connectivity index (χ0) is 13.1. The van der Waals surface area contributed by atoms with Crippen molar-refractivity contribution in [3.8, 4) is 0 Å². The minimum Gasteiger partial charge on any atom is -0.480 e. The first-order chi connectivity index (χ1) is 8.61. The Morgan fingerprint density at radius 1 is 1.56 bits per heavy atom. The molecule has 2 heterocycles. The van der Waals surface area contributed by atoms with E-state index in [9.17, 15) is 9.59 Å². The van der Waals surface area contributed by atoms with Gasteiger partial charge in [-0.2, -0.15) is 0 Å². The van der Waals surface area contributed by atoms with E-state index in [-0.39, 0.29) is 18.8 Å². The van der Waals surface area contributed by atoms with Crippen molar-refractivity contribution >= 4 is 27.8 Å². The molecule has 1 amide bonds. The number of aromatic nitrogens is 1. The maximum atomic E-state index is 12.2. The summed E-state index contributed by atoms with van der Waals surface area (Å²) in [6.07, 6.45) is 1.49. The minimum atomic E-state index is -1.07. The fourth-order valence-electron chi connectivity index (χ4n) is 1.73. The number of ether oxygens (including phenoxy) is 1. The summed E-state index contributed by atoms with van der Waals surface area (Å²) < 4.78 is 5.63. The predicted molar refractivity (Wildman–Crippen MR) is 65.2 cm³/mol. The number of amides is 1. The summed E-state index contributed by atoms with van der Waals surface area (Å²) in [7, 11) is 0. The normalized spacial score (nSPS) is 19.6. The van der Waals surface area contributed by atoms with Crippen LogP contribution in [0.25, 0.3) is 0 Å². The zero-order valence-electron chi connectivity index (χ0n) is 9.38. The number of morpholine rings is 1. The number of carboxylic acid groups (broad SMARTS) is 1. The number of nitrogens with zero attached hydrogens (tertiary/aromatic N) is 2. The molecule has 6 nitrogen and oxygen atoms in total. The average Bonchev–Trinajstić information content (AvgIpc) is 2.38. The third kappa shape index (κ3) is 2.51. The Hall–Kier alpha value is -1.47. The van der Waals surface area contributed by atoms with Gasteiger partial charge in [-0.25, -0.2) is 9.78 Å². The summed E-state index contributed by atoms with van der Waals surface area (Å²) in [5.41, 5.74) is 0.214. The topological polar surface area (TPSA) is 79.7 Å². The number of halogens is 1. The number of carboxylic acids is 1. The average molecular weight is 315 g/mol. The molecule has 1 atom stereocenters. The predicted octanol–water partition coefficient (Wildman–Crippen LogP) is 0.770. The quantitative estimate of drug-likeness (QED) is 0.872. The third-order valence-corrected chi connectivity index (χ3v) is 3.28. The molecular formula is C11H11BrN2O4.